The Morgan fingerprint density at radius 1 is 1.64 bits per heavy atom. The van der Waals surface area contributed by atoms with Gasteiger partial charge < -0.3 is 11.1 Å². The molecule has 0 bridgehead atoms. The van der Waals surface area contributed by atoms with Crippen molar-refractivity contribution in [2.45, 2.75) is 20.3 Å². The van der Waals surface area contributed by atoms with E-state index in [0.29, 0.717) is 16.5 Å². The van der Waals surface area contributed by atoms with Gasteiger partial charge in [-0.25, -0.2) is 0 Å². The minimum absolute atomic E-state index is 0.0839. The van der Waals surface area contributed by atoms with E-state index in [2.05, 4.69) is 19.2 Å². The number of nitrogen functional groups attached to an aromatic ring is 1. The van der Waals surface area contributed by atoms with Gasteiger partial charge >= 0.3 is 0 Å². The van der Waals surface area contributed by atoms with E-state index in [1.807, 2.05) is 5.38 Å². The average Bonchev–Trinajstić information content (AvgIpc) is 2.45. The fourth-order valence-electron chi connectivity index (χ4n) is 1.38. The molecular formula is C10H16N2OS. The predicted octanol–water partition coefficient (Wildman–Crippen LogP) is 1.89. The van der Waals surface area contributed by atoms with Crippen LogP contribution in [-0.2, 0) is 6.42 Å². The van der Waals surface area contributed by atoms with E-state index in [1.54, 1.807) is 7.05 Å². The van der Waals surface area contributed by atoms with Gasteiger partial charge in [-0.05, 0) is 23.3 Å². The van der Waals surface area contributed by atoms with Crippen LogP contribution in [0.5, 0.6) is 0 Å². The molecule has 0 atom stereocenters. The van der Waals surface area contributed by atoms with Crippen LogP contribution < -0.4 is 11.1 Å². The molecule has 1 amide bonds. The standard InChI is InChI=1S/C10H16N2OS/c1-6(2)4-7-5-14-9(11)8(7)10(13)12-3/h5-6H,4,11H2,1-3H3,(H,12,13). The zero-order valence-corrected chi connectivity index (χ0v) is 9.57. The number of anilines is 1. The van der Waals surface area contributed by atoms with E-state index in [0.717, 1.165) is 12.0 Å². The highest BCUT2D eigenvalue weighted by atomic mass is 32.1. The number of amides is 1. The summed E-state index contributed by atoms with van der Waals surface area (Å²) in [7, 11) is 1.62. The van der Waals surface area contributed by atoms with E-state index >= 15 is 0 Å². The molecule has 0 radical (unpaired) electrons. The molecule has 0 aliphatic rings. The zero-order valence-electron chi connectivity index (χ0n) is 8.76. The second-order valence-corrected chi connectivity index (χ2v) is 4.59. The van der Waals surface area contributed by atoms with Gasteiger partial charge in [-0.2, -0.15) is 0 Å². The third-order valence-electron chi connectivity index (χ3n) is 1.98. The first kappa shape index (κ1) is 11.0. The van der Waals surface area contributed by atoms with Crippen LogP contribution in [0.4, 0.5) is 5.00 Å². The van der Waals surface area contributed by atoms with Crippen LogP contribution >= 0.6 is 11.3 Å². The highest BCUT2D eigenvalue weighted by Crippen LogP contribution is 2.26. The molecule has 1 rings (SSSR count). The number of carbonyl (C=O) groups is 1. The van der Waals surface area contributed by atoms with E-state index in [9.17, 15) is 4.79 Å². The molecule has 1 heterocycles. The van der Waals surface area contributed by atoms with Crippen molar-refractivity contribution in [1.29, 1.82) is 0 Å². The third-order valence-corrected chi connectivity index (χ3v) is 2.84. The summed E-state index contributed by atoms with van der Waals surface area (Å²) >= 11 is 1.43. The Kier molecular flexibility index (Phi) is 3.52. The molecule has 3 N–H and O–H groups in total. The summed E-state index contributed by atoms with van der Waals surface area (Å²) in [5.74, 6) is 0.451. The van der Waals surface area contributed by atoms with Gasteiger partial charge in [0, 0.05) is 7.05 Å². The minimum Gasteiger partial charge on any atom is -0.390 e. The Morgan fingerprint density at radius 2 is 2.29 bits per heavy atom. The van der Waals surface area contributed by atoms with Gasteiger partial charge in [0.2, 0.25) is 0 Å². The summed E-state index contributed by atoms with van der Waals surface area (Å²) in [6.07, 6.45) is 0.899. The van der Waals surface area contributed by atoms with E-state index < -0.39 is 0 Å². The molecule has 1 aromatic heterocycles. The van der Waals surface area contributed by atoms with Gasteiger partial charge in [0.25, 0.3) is 5.91 Å². The number of nitrogens with one attached hydrogen (secondary N) is 1. The van der Waals surface area contributed by atoms with Crippen LogP contribution in [0, 0.1) is 5.92 Å². The molecule has 0 fully saturated rings. The predicted molar refractivity (Wildman–Crippen MR) is 60.7 cm³/mol. The van der Waals surface area contributed by atoms with Crippen LogP contribution in [0.3, 0.4) is 0 Å². The fraction of sp³-hybridized carbons (Fsp3) is 0.500. The maximum Gasteiger partial charge on any atom is 0.254 e. The molecule has 0 aliphatic heterocycles. The van der Waals surface area contributed by atoms with Crippen LogP contribution in [-0.4, -0.2) is 13.0 Å². The van der Waals surface area contributed by atoms with E-state index in [-0.39, 0.29) is 5.91 Å². The SMILES string of the molecule is CNC(=O)c1c(CC(C)C)csc1N. The number of thiophene rings is 1. The van der Waals surface area contributed by atoms with Crippen molar-refractivity contribution in [3.63, 3.8) is 0 Å². The lowest BCUT2D eigenvalue weighted by atomic mass is 10.0. The lowest BCUT2D eigenvalue weighted by Gasteiger charge is -2.06. The molecule has 78 valence electrons. The molecular weight excluding hydrogens is 196 g/mol. The molecule has 14 heavy (non-hydrogen) atoms. The minimum atomic E-state index is -0.0839. The number of carbonyl (C=O) groups excluding carboxylic acids is 1. The van der Waals surface area contributed by atoms with Gasteiger partial charge in [0.15, 0.2) is 0 Å². The number of hydrogen-bond donors (Lipinski definition) is 2. The maximum atomic E-state index is 11.5. The Labute approximate surface area is 88.3 Å². The molecule has 4 heteroatoms. The van der Waals surface area contributed by atoms with Crippen LogP contribution in [0.2, 0.25) is 0 Å². The van der Waals surface area contributed by atoms with Crippen LogP contribution in [0.1, 0.15) is 29.8 Å². The van der Waals surface area contributed by atoms with Gasteiger partial charge in [-0.15, -0.1) is 11.3 Å². The maximum absolute atomic E-state index is 11.5. The summed E-state index contributed by atoms with van der Waals surface area (Å²) in [6, 6.07) is 0. The summed E-state index contributed by atoms with van der Waals surface area (Å²) < 4.78 is 0. The van der Waals surface area contributed by atoms with Crippen molar-refractivity contribution >= 4 is 22.2 Å². The lowest BCUT2D eigenvalue weighted by molar-refractivity contribution is 0.0963. The highest BCUT2D eigenvalue weighted by Gasteiger charge is 2.16. The molecule has 0 unspecified atom stereocenters. The molecule has 0 aliphatic carbocycles. The lowest BCUT2D eigenvalue weighted by Crippen LogP contribution is -2.20. The fourth-order valence-corrected chi connectivity index (χ4v) is 2.21. The Bertz CT molecular complexity index is 331. The first-order valence-electron chi connectivity index (χ1n) is 4.64. The van der Waals surface area contributed by atoms with Gasteiger partial charge in [-0.1, -0.05) is 13.8 Å². The first-order valence-corrected chi connectivity index (χ1v) is 5.52. The number of nitrogens with two attached hydrogens (primary N) is 1. The van der Waals surface area contributed by atoms with Crippen molar-refractivity contribution < 1.29 is 4.79 Å². The molecule has 3 nitrogen and oxygen atoms in total. The van der Waals surface area contributed by atoms with Gasteiger partial charge in [0.05, 0.1) is 10.6 Å². The topological polar surface area (TPSA) is 55.1 Å². The van der Waals surface area contributed by atoms with Crippen LogP contribution in [0.15, 0.2) is 5.38 Å². The summed E-state index contributed by atoms with van der Waals surface area (Å²) in [5.41, 5.74) is 7.47. The van der Waals surface area contributed by atoms with Crippen molar-refractivity contribution in [3.8, 4) is 0 Å². The van der Waals surface area contributed by atoms with E-state index in [4.69, 9.17) is 5.73 Å². The number of hydrogen-bond acceptors (Lipinski definition) is 3. The van der Waals surface area contributed by atoms with Crippen LogP contribution in [0.25, 0.3) is 0 Å². The summed E-state index contributed by atoms with van der Waals surface area (Å²) in [6.45, 7) is 4.25. The second-order valence-electron chi connectivity index (χ2n) is 3.68. The molecule has 0 saturated heterocycles. The molecule has 0 saturated carbocycles. The Morgan fingerprint density at radius 3 is 2.79 bits per heavy atom. The second kappa shape index (κ2) is 4.46. The average molecular weight is 212 g/mol. The Balaban J connectivity index is 3.00. The summed E-state index contributed by atoms with van der Waals surface area (Å²) in [4.78, 5) is 11.5. The van der Waals surface area contributed by atoms with Crippen molar-refractivity contribution in [1.82, 2.24) is 5.32 Å². The third kappa shape index (κ3) is 2.26. The smallest absolute Gasteiger partial charge is 0.254 e. The highest BCUT2D eigenvalue weighted by molar-refractivity contribution is 7.14. The molecule has 0 aromatic carbocycles. The molecule has 1 aromatic rings. The molecule has 0 spiro atoms. The summed E-state index contributed by atoms with van der Waals surface area (Å²) in [5, 5.41) is 5.19. The zero-order chi connectivity index (χ0) is 10.7. The van der Waals surface area contributed by atoms with Crippen molar-refractivity contribution in [2.24, 2.45) is 5.92 Å². The van der Waals surface area contributed by atoms with E-state index in [1.165, 1.54) is 11.3 Å². The monoisotopic (exact) mass is 212 g/mol. The van der Waals surface area contributed by atoms with Crippen molar-refractivity contribution in [3.05, 3.63) is 16.5 Å². The number of rotatable bonds is 3. The van der Waals surface area contributed by atoms with Gasteiger partial charge in [-0.3, -0.25) is 4.79 Å². The largest absolute Gasteiger partial charge is 0.390 e. The van der Waals surface area contributed by atoms with Gasteiger partial charge in [0.1, 0.15) is 0 Å². The first-order chi connectivity index (χ1) is 6.56. The Hall–Kier alpha value is -1.03. The van der Waals surface area contributed by atoms with Crippen molar-refractivity contribution in [2.75, 3.05) is 12.8 Å². The quantitative estimate of drug-likeness (QED) is 0.804. The normalized spacial score (nSPS) is 10.6.